The van der Waals surface area contributed by atoms with Gasteiger partial charge in [0, 0.05) is 14.1 Å². The summed E-state index contributed by atoms with van der Waals surface area (Å²) >= 11 is 0. The minimum absolute atomic E-state index is 0. The van der Waals surface area contributed by atoms with Gasteiger partial charge in [-0.05, 0) is 31.5 Å². The van der Waals surface area contributed by atoms with Crippen LogP contribution in [0.3, 0.4) is 0 Å². The Morgan fingerprint density at radius 3 is 2.78 bits per heavy atom. The van der Waals surface area contributed by atoms with Crippen molar-refractivity contribution >= 4 is 29.8 Å². The Labute approximate surface area is 113 Å². The fourth-order valence-corrected chi connectivity index (χ4v) is 1.85. The maximum absolute atomic E-state index is 11.8. The highest BCUT2D eigenvalue weighted by atomic mass is 35.5. The average molecular weight is 271 g/mol. The topological polar surface area (TPSA) is 57.3 Å². The summed E-state index contributed by atoms with van der Waals surface area (Å²) in [5, 5.41) is 5.98. The molecule has 5 nitrogen and oxygen atoms in total. The molecule has 0 aromatic carbocycles. The van der Waals surface area contributed by atoms with Crippen molar-refractivity contribution in [3.63, 3.8) is 0 Å². The lowest BCUT2D eigenvalue weighted by Crippen LogP contribution is -2.35. The van der Waals surface area contributed by atoms with Crippen molar-refractivity contribution in [3.05, 3.63) is 18.3 Å². The molecule has 2 rings (SSSR count). The molecule has 18 heavy (non-hydrogen) atoms. The second-order valence-corrected chi connectivity index (χ2v) is 4.43. The first-order chi connectivity index (χ1) is 8.16. The Hall–Kier alpha value is -1.33. The molecule has 1 aromatic heterocycles. The van der Waals surface area contributed by atoms with Gasteiger partial charge in [0.15, 0.2) is 0 Å². The molecule has 1 aromatic rings. The first kappa shape index (κ1) is 14.7. The van der Waals surface area contributed by atoms with E-state index in [0.29, 0.717) is 5.82 Å². The van der Waals surface area contributed by atoms with Crippen molar-refractivity contribution in [3.8, 4) is 0 Å². The molecule has 0 spiro atoms. The second kappa shape index (κ2) is 6.56. The molecule has 1 aliphatic rings. The SMILES string of the molecule is CN(C)c1ccc(NC(=O)C2CCCN2)nc1.Cl. The molecule has 2 N–H and O–H groups in total. The van der Waals surface area contributed by atoms with E-state index in [-0.39, 0.29) is 24.4 Å². The number of hydrogen-bond donors (Lipinski definition) is 2. The summed E-state index contributed by atoms with van der Waals surface area (Å²) in [5.74, 6) is 0.613. The van der Waals surface area contributed by atoms with E-state index < -0.39 is 0 Å². The maximum Gasteiger partial charge on any atom is 0.242 e. The van der Waals surface area contributed by atoms with Crippen LogP contribution in [0.25, 0.3) is 0 Å². The molecule has 0 aliphatic carbocycles. The quantitative estimate of drug-likeness (QED) is 0.868. The molecule has 1 fully saturated rings. The smallest absolute Gasteiger partial charge is 0.242 e. The minimum atomic E-state index is -0.0645. The Bertz CT molecular complexity index is 388. The lowest BCUT2D eigenvalue weighted by Gasteiger charge is -2.13. The van der Waals surface area contributed by atoms with Crippen molar-refractivity contribution in [1.29, 1.82) is 0 Å². The molecule has 6 heteroatoms. The third kappa shape index (κ3) is 3.58. The van der Waals surface area contributed by atoms with Crippen LogP contribution in [0.5, 0.6) is 0 Å². The van der Waals surface area contributed by atoms with Gasteiger partial charge < -0.3 is 15.5 Å². The Balaban J connectivity index is 0.00000162. The summed E-state index contributed by atoms with van der Waals surface area (Å²) in [6.45, 7) is 0.922. The number of pyridine rings is 1. The van der Waals surface area contributed by atoms with Crippen molar-refractivity contribution in [2.75, 3.05) is 30.9 Å². The summed E-state index contributed by atoms with van der Waals surface area (Å²) in [5.41, 5.74) is 1.02. The summed E-state index contributed by atoms with van der Waals surface area (Å²) in [6, 6.07) is 3.69. The van der Waals surface area contributed by atoms with E-state index in [1.807, 2.05) is 31.1 Å². The Morgan fingerprint density at radius 2 is 2.28 bits per heavy atom. The van der Waals surface area contributed by atoms with Crippen LogP contribution in [0.2, 0.25) is 0 Å². The van der Waals surface area contributed by atoms with Gasteiger partial charge in [0.25, 0.3) is 0 Å². The lowest BCUT2D eigenvalue weighted by atomic mass is 10.2. The molecule has 2 heterocycles. The number of anilines is 2. The molecular formula is C12H19ClN4O. The molecule has 0 bridgehead atoms. The predicted molar refractivity (Wildman–Crippen MR) is 75.5 cm³/mol. The number of rotatable bonds is 3. The number of halogens is 1. The van der Waals surface area contributed by atoms with Crippen LogP contribution in [-0.4, -0.2) is 37.6 Å². The van der Waals surface area contributed by atoms with Crippen LogP contribution < -0.4 is 15.5 Å². The fourth-order valence-electron chi connectivity index (χ4n) is 1.85. The van der Waals surface area contributed by atoms with E-state index >= 15 is 0 Å². The highest BCUT2D eigenvalue weighted by molar-refractivity contribution is 5.94. The van der Waals surface area contributed by atoms with Gasteiger partial charge in [-0.2, -0.15) is 0 Å². The van der Waals surface area contributed by atoms with Gasteiger partial charge in [0.2, 0.25) is 5.91 Å². The summed E-state index contributed by atoms with van der Waals surface area (Å²) in [4.78, 5) is 18.0. The third-order valence-electron chi connectivity index (χ3n) is 2.89. The van der Waals surface area contributed by atoms with E-state index in [9.17, 15) is 4.79 Å². The molecule has 1 saturated heterocycles. The monoisotopic (exact) mass is 270 g/mol. The maximum atomic E-state index is 11.8. The van der Waals surface area contributed by atoms with Crippen LogP contribution in [0.4, 0.5) is 11.5 Å². The van der Waals surface area contributed by atoms with E-state index in [2.05, 4.69) is 15.6 Å². The molecule has 1 aliphatic heterocycles. The average Bonchev–Trinajstić information content (AvgIpc) is 2.83. The fraction of sp³-hybridized carbons (Fsp3) is 0.500. The first-order valence-electron chi connectivity index (χ1n) is 5.84. The van der Waals surface area contributed by atoms with Crippen molar-refractivity contribution < 1.29 is 4.79 Å². The second-order valence-electron chi connectivity index (χ2n) is 4.43. The van der Waals surface area contributed by atoms with Gasteiger partial charge in [-0.3, -0.25) is 4.79 Å². The zero-order chi connectivity index (χ0) is 12.3. The molecule has 1 unspecified atom stereocenters. The number of carbonyl (C=O) groups excluding carboxylic acids is 1. The summed E-state index contributed by atoms with van der Waals surface area (Å²) < 4.78 is 0. The van der Waals surface area contributed by atoms with Crippen LogP contribution in [0, 0.1) is 0 Å². The van der Waals surface area contributed by atoms with Crippen molar-refractivity contribution in [1.82, 2.24) is 10.3 Å². The summed E-state index contributed by atoms with van der Waals surface area (Å²) in [7, 11) is 3.91. The van der Waals surface area contributed by atoms with Crippen molar-refractivity contribution in [2.24, 2.45) is 0 Å². The zero-order valence-corrected chi connectivity index (χ0v) is 11.5. The zero-order valence-electron chi connectivity index (χ0n) is 10.6. The number of nitrogens with one attached hydrogen (secondary N) is 2. The van der Waals surface area contributed by atoms with E-state index in [0.717, 1.165) is 25.1 Å². The third-order valence-corrected chi connectivity index (χ3v) is 2.89. The lowest BCUT2D eigenvalue weighted by molar-refractivity contribution is -0.117. The van der Waals surface area contributed by atoms with Crippen LogP contribution in [0.15, 0.2) is 18.3 Å². The van der Waals surface area contributed by atoms with Crippen LogP contribution >= 0.6 is 12.4 Å². The van der Waals surface area contributed by atoms with Gasteiger partial charge in [-0.1, -0.05) is 0 Å². The molecule has 100 valence electrons. The number of amides is 1. The standard InChI is InChI=1S/C12H18N4O.ClH/c1-16(2)9-5-6-11(14-8-9)15-12(17)10-4-3-7-13-10;/h5-6,8,10,13H,3-4,7H2,1-2H3,(H,14,15,17);1H. The normalized spacial score (nSPS) is 18.0. The number of hydrogen-bond acceptors (Lipinski definition) is 4. The number of aromatic nitrogens is 1. The van der Waals surface area contributed by atoms with Gasteiger partial charge in [0.1, 0.15) is 5.82 Å². The van der Waals surface area contributed by atoms with E-state index in [4.69, 9.17) is 0 Å². The molecule has 1 atom stereocenters. The van der Waals surface area contributed by atoms with Crippen molar-refractivity contribution in [2.45, 2.75) is 18.9 Å². The molecule has 0 saturated carbocycles. The van der Waals surface area contributed by atoms with Gasteiger partial charge in [-0.25, -0.2) is 4.98 Å². The molecule has 1 amide bonds. The minimum Gasteiger partial charge on any atom is -0.376 e. The summed E-state index contributed by atoms with van der Waals surface area (Å²) in [6.07, 6.45) is 3.71. The first-order valence-corrected chi connectivity index (χ1v) is 5.84. The largest absolute Gasteiger partial charge is 0.376 e. The highest BCUT2D eigenvalue weighted by Gasteiger charge is 2.21. The number of nitrogens with zero attached hydrogens (tertiary/aromatic N) is 2. The van der Waals surface area contributed by atoms with Gasteiger partial charge >= 0.3 is 0 Å². The van der Waals surface area contributed by atoms with Gasteiger partial charge in [0.05, 0.1) is 17.9 Å². The predicted octanol–water partition coefficient (Wildman–Crippen LogP) is 1.26. The Kier molecular flexibility index (Phi) is 5.37. The van der Waals surface area contributed by atoms with Crippen LogP contribution in [-0.2, 0) is 4.79 Å². The number of carbonyl (C=O) groups is 1. The van der Waals surface area contributed by atoms with Crippen LogP contribution in [0.1, 0.15) is 12.8 Å². The van der Waals surface area contributed by atoms with Gasteiger partial charge in [-0.15, -0.1) is 12.4 Å². The van der Waals surface area contributed by atoms with E-state index in [1.165, 1.54) is 0 Å². The molecule has 0 radical (unpaired) electrons. The Morgan fingerprint density at radius 1 is 1.50 bits per heavy atom. The highest BCUT2D eigenvalue weighted by Crippen LogP contribution is 2.13. The van der Waals surface area contributed by atoms with E-state index in [1.54, 1.807) is 6.20 Å². The molecular weight excluding hydrogens is 252 g/mol.